The first kappa shape index (κ1) is 19.6. The van der Waals surface area contributed by atoms with Crippen molar-refractivity contribution in [2.75, 3.05) is 14.2 Å². The third kappa shape index (κ3) is 4.69. The molecule has 0 aliphatic heterocycles. The summed E-state index contributed by atoms with van der Waals surface area (Å²) in [6.45, 7) is 5.74. The van der Waals surface area contributed by atoms with E-state index in [4.69, 9.17) is 14.2 Å². The number of hydrogen-bond acceptors (Lipinski definition) is 4. The van der Waals surface area contributed by atoms with Crippen molar-refractivity contribution >= 4 is 5.91 Å². The molecule has 0 heterocycles. The van der Waals surface area contributed by atoms with Crippen LogP contribution in [-0.4, -0.2) is 26.2 Å². The summed E-state index contributed by atoms with van der Waals surface area (Å²) in [6.07, 6.45) is 0.261. The standard InChI is InChI=1S/C21H27NO4/c1-6-16-9-7-8-10-18(16)26-15(3)21(23)22-14(2)17-11-12-19(24-4)20(13-17)25-5/h7-15H,6H2,1-5H3,(H,22,23)/t14-,15+/m1/s1. The Morgan fingerprint density at radius 2 is 1.69 bits per heavy atom. The Bertz CT molecular complexity index is 745. The Labute approximate surface area is 155 Å². The van der Waals surface area contributed by atoms with Crippen LogP contribution in [-0.2, 0) is 11.2 Å². The Kier molecular flexibility index (Phi) is 6.89. The zero-order chi connectivity index (χ0) is 19.1. The van der Waals surface area contributed by atoms with E-state index in [-0.39, 0.29) is 11.9 Å². The first-order chi connectivity index (χ1) is 12.5. The molecule has 0 saturated carbocycles. The van der Waals surface area contributed by atoms with Crippen LogP contribution in [0, 0.1) is 0 Å². The molecular weight excluding hydrogens is 330 g/mol. The van der Waals surface area contributed by atoms with E-state index < -0.39 is 6.10 Å². The van der Waals surface area contributed by atoms with E-state index in [9.17, 15) is 4.79 Å². The van der Waals surface area contributed by atoms with Crippen LogP contribution in [0.2, 0.25) is 0 Å². The van der Waals surface area contributed by atoms with Crippen molar-refractivity contribution in [1.82, 2.24) is 5.32 Å². The molecule has 1 amide bonds. The van der Waals surface area contributed by atoms with Gasteiger partial charge in [-0.1, -0.05) is 31.2 Å². The molecule has 0 fully saturated rings. The Balaban J connectivity index is 2.04. The van der Waals surface area contributed by atoms with Crippen LogP contribution in [0.25, 0.3) is 0 Å². The number of para-hydroxylation sites is 1. The topological polar surface area (TPSA) is 56.8 Å². The van der Waals surface area contributed by atoms with E-state index >= 15 is 0 Å². The molecule has 2 rings (SSSR count). The van der Waals surface area contributed by atoms with Gasteiger partial charge >= 0.3 is 0 Å². The number of aryl methyl sites for hydroxylation is 1. The van der Waals surface area contributed by atoms with Crippen molar-refractivity contribution in [3.8, 4) is 17.2 Å². The minimum absolute atomic E-state index is 0.168. The zero-order valence-electron chi connectivity index (χ0n) is 16.0. The summed E-state index contributed by atoms with van der Waals surface area (Å²) in [5.74, 6) is 1.87. The summed E-state index contributed by atoms with van der Waals surface area (Å²) in [5, 5.41) is 2.98. The third-order valence-electron chi connectivity index (χ3n) is 4.29. The number of carbonyl (C=O) groups excluding carboxylic acids is 1. The number of benzene rings is 2. The highest BCUT2D eigenvalue weighted by Gasteiger charge is 2.19. The average molecular weight is 357 g/mol. The van der Waals surface area contributed by atoms with Crippen molar-refractivity contribution in [3.63, 3.8) is 0 Å². The lowest BCUT2D eigenvalue weighted by Gasteiger charge is -2.21. The van der Waals surface area contributed by atoms with Crippen LogP contribution in [0.4, 0.5) is 0 Å². The van der Waals surface area contributed by atoms with E-state index in [0.717, 1.165) is 23.3 Å². The molecule has 0 radical (unpaired) electrons. The highest BCUT2D eigenvalue weighted by atomic mass is 16.5. The molecule has 0 bridgehead atoms. The van der Waals surface area contributed by atoms with Crippen molar-refractivity contribution in [3.05, 3.63) is 53.6 Å². The molecule has 1 N–H and O–H groups in total. The summed E-state index contributed by atoms with van der Waals surface area (Å²) in [5.41, 5.74) is 2.01. The average Bonchev–Trinajstić information content (AvgIpc) is 2.67. The van der Waals surface area contributed by atoms with Crippen molar-refractivity contribution in [2.24, 2.45) is 0 Å². The van der Waals surface area contributed by atoms with E-state index in [0.29, 0.717) is 11.5 Å². The largest absolute Gasteiger partial charge is 0.493 e. The van der Waals surface area contributed by atoms with Gasteiger partial charge in [-0.05, 0) is 49.6 Å². The molecule has 0 aromatic heterocycles. The van der Waals surface area contributed by atoms with Gasteiger partial charge in [-0.3, -0.25) is 4.79 Å². The summed E-state index contributed by atoms with van der Waals surface area (Å²) in [6, 6.07) is 13.2. The quantitative estimate of drug-likeness (QED) is 0.778. The molecule has 2 aromatic rings. The summed E-state index contributed by atoms with van der Waals surface area (Å²) in [7, 11) is 3.18. The molecule has 5 heteroatoms. The van der Waals surface area contributed by atoms with E-state index in [1.165, 1.54) is 0 Å². The highest BCUT2D eigenvalue weighted by Crippen LogP contribution is 2.30. The highest BCUT2D eigenvalue weighted by molar-refractivity contribution is 5.81. The predicted molar refractivity (Wildman–Crippen MR) is 102 cm³/mol. The molecule has 0 unspecified atom stereocenters. The van der Waals surface area contributed by atoms with Gasteiger partial charge in [0.2, 0.25) is 0 Å². The second-order valence-electron chi connectivity index (χ2n) is 6.07. The maximum absolute atomic E-state index is 12.5. The van der Waals surface area contributed by atoms with Crippen LogP contribution in [0.15, 0.2) is 42.5 Å². The van der Waals surface area contributed by atoms with E-state index in [1.54, 1.807) is 21.1 Å². The van der Waals surface area contributed by atoms with Crippen LogP contribution in [0.5, 0.6) is 17.2 Å². The number of methoxy groups -OCH3 is 2. The molecule has 5 nitrogen and oxygen atoms in total. The molecule has 26 heavy (non-hydrogen) atoms. The van der Waals surface area contributed by atoms with Gasteiger partial charge in [-0.15, -0.1) is 0 Å². The SMILES string of the molecule is CCc1ccccc1O[C@@H](C)C(=O)N[C@H](C)c1ccc(OC)c(OC)c1. The lowest BCUT2D eigenvalue weighted by molar-refractivity contribution is -0.127. The van der Waals surface area contributed by atoms with Gasteiger partial charge in [0.05, 0.1) is 20.3 Å². The fraction of sp³-hybridized carbons (Fsp3) is 0.381. The van der Waals surface area contributed by atoms with Gasteiger partial charge in [0.1, 0.15) is 5.75 Å². The monoisotopic (exact) mass is 357 g/mol. The van der Waals surface area contributed by atoms with Crippen LogP contribution in [0.3, 0.4) is 0 Å². The molecule has 140 valence electrons. The molecule has 0 aliphatic rings. The second-order valence-corrected chi connectivity index (χ2v) is 6.07. The fourth-order valence-corrected chi connectivity index (χ4v) is 2.69. The number of amides is 1. The van der Waals surface area contributed by atoms with E-state index in [1.807, 2.05) is 49.4 Å². The summed E-state index contributed by atoms with van der Waals surface area (Å²) >= 11 is 0. The zero-order valence-corrected chi connectivity index (χ0v) is 16.0. The third-order valence-corrected chi connectivity index (χ3v) is 4.29. The summed E-state index contributed by atoms with van der Waals surface area (Å²) in [4.78, 5) is 12.5. The normalized spacial score (nSPS) is 12.8. The fourth-order valence-electron chi connectivity index (χ4n) is 2.69. The molecule has 2 atom stereocenters. The minimum atomic E-state index is -0.592. The van der Waals surface area contributed by atoms with Crippen molar-refractivity contribution < 1.29 is 19.0 Å². The predicted octanol–water partition coefficient (Wildman–Crippen LogP) is 3.91. The smallest absolute Gasteiger partial charge is 0.261 e. The molecule has 0 saturated heterocycles. The Hall–Kier alpha value is -2.69. The van der Waals surface area contributed by atoms with Crippen LogP contribution >= 0.6 is 0 Å². The van der Waals surface area contributed by atoms with Gasteiger partial charge < -0.3 is 19.5 Å². The maximum Gasteiger partial charge on any atom is 0.261 e. The lowest BCUT2D eigenvalue weighted by Crippen LogP contribution is -2.37. The number of ether oxygens (including phenoxy) is 3. The molecule has 0 aliphatic carbocycles. The molecule has 0 spiro atoms. The molecular formula is C21H27NO4. The number of carbonyl (C=O) groups is 1. The van der Waals surface area contributed by atoms with Gasteiger partial charge in [-0.2, -0.15) is 0 Å². The second kappa shape index (κ2) is 9.13. The number of hydrogen-bond donors (Lipinski definition) is 1. The number of rotatable bonds is 8. The molecule has 2 aromatic carbocycles. The first-order valence-electron chi connectivity index (χ1n) is 8.77. The van der Waals surface area contributed by atoms with Gasteiger partial charge in [-0.25, -0.2) is 0 Å². The minimum Gasteiger partial charge on any atom is -0.493 e. The first-order valence-corrected chi connectivity index (χ1v) is 8.77. The van der Waals surface area contributed by atoms with Crippen LogP contribution < -0.4 is 19.5 Å². The maximum atomic E-state index is 12.5. The van der Waals surface area contributed by atoms with Crippen LogP contribution in [0.1, 0.15) is 37.9 Å². The van der Waals surface area contributed by atoms with Crippen molar-refractivity contribution in [1.29, 1.82) is 0 Å². The van der Waals surface area contributed by atoms with Gasteiger partial charge in [0, 0.05) is 0 Å². The summed E-state index contributed by atoms with van der Waals surface area (Å²) < 4.78 is 16.4. The van der Waals surface area contributed by atoms with Crippen molar-refractivity contribution in [2.45, 2.75) is 39.3 Å². The lowest BCUT2D eigenvalue weighted by atomic mass is 10.1. The Morgan fingerprint density at radius 3 is 2.35 bits per heavy atom. The van der Waals surface area contributed by atoms with Gasteiger partial charge in [0.15, 0.2) is 17.6 Å². The van der Waals surface area contributed by atoms with Gasteiger partial charge in [0.25, 0.3) is 5.91 Å². The van der Waals surface area contributed by atoms with E-state index in [2.05, 4.69) is 12.2 Å². The Morgan fingerprint density at radius 1 is 1.00 bits per heavy atom. The number of nitrogens with one attached hydrogen (secondary N) is 1.